The number of aromatic nitrogens is 2. The van der Waals surface area contributed by atoms with Gasteiger partial charge in [0.1, 0.15) is 11.6 Å². The van der Waals surface area contributed by atoms with Crippen molar-refractivity contribution in [3.8, 4) is 22.6 Å². The molecule has 21 heavy (non-hydrogen) atoms. The summed E-state index contributed by atoms with van der Waals surface area (Å²) in [6.45, 7) is 1.85. The molecule has 0 aliphatic rings. The molecular formula is C17H14FN3. The molecule has 0 saturated carbocycles. The zero-order valence-corrected chi connectivity index (χ0v) is 11.5. The van der Waals surface area contributed by atoms with E-state index in [9.17, 15) is 4.39 Å². The first-order valence-electron chi connectivity index (χ1n) is 6.60. The van der Waals surface area contributed by atoms with Gasteiger partial charge in [-0.05, 0) is 30.7 Å². The highest BCUT2D eigenvalue weighted by atomic mass is 19.1. The predicted molar refractivity (Wildman–Crippen MR) is 82.0 cm³/mol. The molecule has 0 unspecified atom stereocenters. The molecule has 2 N–H and O–H groups in total. The van der Waals surface area contributed by atoms with Crippen molar-refractivity contribution in [2.45, 2.75) is 6.92 Å². The first-order valence-corrected chi connectivity index (χ1v) is 6.60. The van der Waals surface area contributed by atoms with Crippen molar-refractivity contribution in [1.29, 1.82) is 0 Å². The van der Waals surface area contributed by atoms with Gasteiger partial charge in [0, 0.05) is 17.2 Å². The monoisotopic (exact) mass is 279 g/mol. The van der Waals surface area contributed by atoms with E-state index in [4.69, 9.17) is 5.73 Å². The predicted octanol–water partition coefficient (Wildman–Crippen LogP) is 3.84. The Kier molecular flexibility index (Phi) is 3.36. The van der Waals surface area contributed by atoms with Crippen LogP contribution in [0.4, 0.5) is 10.2 Å². The third-order valence-electron chi connectivity index (χ3n) is 3.24. The summed E-state index contributed by atoms with van der Waals surface area (Å²) in [6, 6.07) is 15.9. The second-order valence-corrected chi connectivity index (χ2v) is 4.83. The van der Waals surface area contributed by atoms with Crippen LogP contribution in [0, 0.1) is 12.7 Å². The van der Waals surface area contributed by atoms with E-state index in [0.29, 0.717) is 17.3 Å². The largest absolute Gasteiger partial charge is 0.384 e. The average molecular weight is 279 g/mol. The average Bonchev–Trinajstić information content (AvgIpc) is 2.47. The summed E-state index contributed by atoms with van der Waals surface area (Å²) in [4.78, 5) is 8.82. The lowest BCUT2D eigenvalue weighted by molar-refractivity contribution is 0.627. The van der Waals surface area contributed by atoms with Crippen LogP contribution in [0.25, 0.3) is 22.6 Å². The van der Waals surface area contributed by atoms with Crippen LogP contribution in [0.1, 0.15) is 5.56 Å². The molecule has 0 radical (unpaired) electrons. The van der Waals surface area contributed by atoms with Crippen molar-refractivity contribution in [2.24, 2.45) is 0 Å². The quantitative estimate of drug-likeness (QED) is 0.775. The summed E-state index contributed by atoms with van der Waals surface area (Å²) in [5.74, 6) is 0.693. The summed E-state index contributed by atoms with van der Waals surface area (Å²) >= 11 is 0. The van der Waals surface area contributed by atoms with E-state index in [-0.39, 0.29) is 5.82 Å². The van der Waals surface area contributed by atoms with E-state index in [2.05, 4.69) is 9.97 Å². The fraction of sp³-hybridized carbons (Fsp3) is 0.0588. The van der Waals surface area contributed by atoms with E-state index >= 15 is 0 Å². The van der Waals surface area contributed by atoms with Crippen LogP contribution in [0.3, 0.4) is 0 Å². The maximum Gasteiger partial charge on any atom is 0.162 e. The smallest absolute Gasteiger partial charge is 0.162 e. The lowest BCUT2D eigenvalue weighted by Gasteiger charge is -2.08. The Labute approximate surface area is 122 Å². The number of halogens is 1. The maximum absolute atomic E-state index is 13.2. The first kappa shape index (κ1) is 13.2. The van der Waals surface area contributed by atoms with E-state index in [0.717, 1.165) is 16.7 Å². The van der Waals surface area contributed by atoms with Gasteiger partial charge in [-0.2, -0.15) is 0 Å². The van der Waals surface area contributed by atoms with E-state index in [1.807, 2.05) is 37.3 Å². The van der Waals surface area contributed by atoms with Crippen molar-refractivity contribution in [3.63, 3.8) is 0 Å². The summed E-state index contributed by atoms with van der Waals surface area (Å²) in [5.41, 5.74) is 9.14. The van der Waals surface area contributed by atoms with Gasteiger partial charge in [-0.15, -0.1) is 0 Å². The van der Waals surface area contributed by atoms with Crippen LogP contribution >= 0.6 is 0 Å². The number of hydrogen-bond acceptors (Lipinski definition) is 3. The number of benzene rings is 2. The van der Waals surface area contributed by atoms with Crippen LogP contribution in [-0.2, 0) is 0 Å². The molecule has 0 fully saturated rings. The maximum atomic E-state index is 13.2. The van der Waals surface area contributed by atoms with E-state index in [1.165, 1.54) is 12.1 Å². The Hall–Kier alpha value is -2.75. The molecular weight excluding hydrogens is 265 g/mol. The highest BCUT2D eigenvalue weighted by Gasteiger charge is 2.09. The van der Waals surface area contributed by atoms with Crippen LogP contribution in [-0.4, -0.2) is 9.97 Å². The lowest BCUT2D eigenvalue weighted by Crippen LogP contribution is -1.99. The number of hydrogen-bond donors (Lipinski definition) is 1. The molecule has 1 heterocycles. The van der Waals surface area contributed by atoms with Crippen LogP contribution in [0.2, 0.25) is 0 Å². The molecule has 1 aromatic heterocycles. The first-order chi connectivity index (χ1) is 10.1. The van der Waals surface area contributed by atoms with Crippen LogP contribution < -0.4 is 5.73 Å². The topological polar surface area (TPSA) is 51.8 Å². The molecule has 0 bridgehead atoms. The summed E-state index contributed by atoms with van der Waals surface area (Å²) in [7, 11) is 0. The molecule has 0 saturated heterocycles. The normalized spacial score (nSPS) is 10.6. The molecule has 104 valence electrons. The number of nitrogens with zero attached hydrogens (tertiary/aromatic N) is 2. The zero-order valence-electron chi connectivity index (χ0n) is 11.5. The Morgan fingerprint density at radius 1 is 0.952 bits per heavy atom. The molecule has 3 rings (SSSR count). The molecule has 0 spiro atoms. The van der Waals surface area contributed by atoms with E-state index < -0.39 is 0 Å². The zero-order chi connectivity index (χ0) is 14.8. The molecule has 2 aromatic carbocycles. The molecule has 3 aromatic rings. The minimum atomic E-state index is -0.262. The van der Waals surface area contributed by atoms with Gasteiger partial charge in [0.25, 0.3) is 0 Å². The van der Waals surface area contributed by atoms with Gasteiger partial charge in [0.05, 0.1) is 5.69 Å². The number of anilines is 1. The highest BCUT2D eigenvalue weighted by Crippen LogP contribution is 2.26. The number of aryl methyl sites for hydroxylation is 1. The van der Waals surface area contributed by atoms with Crippen molar-refractivity contribution >= 4 is 5.82 Å². The van der Waals surface area contributed by atoms with Crippen LogP contribution in [0.15, 0.2) is 54.6 Å². The Morgan fingerprint density at radius 2 is 1.71 bits per heavy atom. The van der Waals surface area contributed by atoms with Gasteiger partial charge in [-0.25, -0.2) is 14.4 Å². The Balaban J connectivity index is 2.14. The lowest BCUT2D eigenvalue weighted by atomic mass is 10.0. The van der Waals surface area contributed by atoms with Crippen molar-refractivity contribution in [2.75, 3.05) is 5.73 Å². The second kappa shape index (κ2) is 5.32. The van der Waals surface area contributed by atoms with Crippen molar-refractivity contribution in [1.82, 2.24) is 9.97 Å². The second-order valence-electron chi connectivity index (χ2n) is 4.83. The molecule has 4 heteroatoms. The molecule has 0 amide bonds. The van der Waals surface area contributed by atoms with Gasteiger partial charge in [0.15, 0.2) is 5.82 Å². The highest BCUT2D eigenvalue weighted by molar-refractivity contribution is 5.69. The van der Waals surface area contributed by atoms with Crippen molar-refractivity contribution in [3.05, 3.63) is 66.0 Å². The minimum absolute atomic E-state index is 0.262. The molecule has 0 aliphatic carbocycles. The number of rotatable bonds is 2. The van der Waals surface area contributed by atoms with Gasteiger partial charge in [-0.3, -0.25) is 0 Å². The van der Waals surface area contributed by atoms with Crippen molar-refractivity contribution < 1.29 is 4.39 Å². The number of nitrogens with two attached hydrogens (primary N) is 1. The van der Waals surface area contributed by atoms with Gasteiger partial charge in [0.2, 0.25) is 0 Å². The SMILES string of the molecule is Cc1cc(F)ccc1-c1cc(N)nc(-c2ccccc2)n1. The molecule has 0 atom stereocenters. The Morgan fingerprint density at radius 3 is 2.43 bits per heavy atom. The van der Waals surface area contributed by atoms with Gasteiger partial charge >= 0.3 is 0 Å². The van der Waals surface area contributed by atoms with Gasteiger partial charge < -0.3 is 5.73 Å². The standard InChI is InChI=1S/C17H14FN3/c1-11-9-13(18)7-8-14(11)15-10-16(19)21-17(20-15)12-5-3-2-4-6-12/h2-10H,1H3,(H2,19,20,21). The van der Waals surface area contributed by atoms with E-state index in [1.54, 1.807) is 12.1 Å². The Bertz CT molecular complexity index is 785. The molecule has 0 aliphatic heterocycles. The summed E-state index contributed by atoms with van der Waals surface area (Å²) in [5, 5.41) is 0. The van der Waals surface area contributed by atoms with Crippen LogP contribution in [0.5, 0.6) is 0 Å². The van der Waals surface area contributed by atoms with Gasteiger partial charge in [-0.1, -0.05) is 30.3 Å². The molecule has 3 nitrogen and oxygen atoms in total. The third-order valence-corrected chi connectivity index (χ3v) is 3.24. The fourth-order valence-corrected chi connectivity index (χ4v) is 2.23. The summed E-state index contributed by atoms with van der Waals surface area (Å²) < 4.78 is 13.2. The number of nitrogen functional groups attached to an aromatic ring is 1. The third kappa shape index (κ3) is 2.74. The summed E-state index contributed by atoms with van der Waals surface area (Å²) in [6.07, 6.45) is 0. The minimum Gasteiger partial charge on any atom is -0.384 e. The fourth-order valence-electron chi connectivity index (χ4n) is 2.23.